The van der Waals surface area contributed by atoms with Crippen molar-refractivity contribution >= 4 is 41.3 Å². The highest BCUT2D eigenvalue weighted by molar-refractivity contribution is 6.34. The molecule has 2 amide bonds. The predicted octanol–water partition coefficient (Wildman–Crippen LogP) is 9.10. The number of carboxylic acid groups (broad SMARTS) is 1. The third kappa shape index (κ3) is 9.81. The zero-order chi connectivity index (χ0) is 33.8. The van der Waals surface area contributed by atoms with Crippen LogP contribution in [0.25, 0.3) is 11.1 Å². The Bertz CT molecular complexity index is 1490. The van der Waals surface area contributed by atoms with Crippen molar-refractivity contribution in [2.45, 2.75) is 89.6 Å². The monoisotopic (exact) mass is 661 g/mol. The lowest BCUT2D eigenvalue weighted by molar-refractivity contribution is -0.116. The van der Waals surface area contributed by atoms with Gasteiger partial charge in [-0.3, -0.25) is 14.5 Å². The van der Waals surface area contributed by atoms with Gasteiger partial charge in [-0.1, -0.05) is 80.3 Å². The number of methoxy groups -OCH3 is 1. The van der Waals surface area contributed by atoms with Gasteiger partial charge in [-0.2, -0.15) is 0 Å². The van der Waals surface area contributed by atoms with E-state index in [4.69, 9.17) is 16.3 Å². The van der Waals surface area contributed by atoms with Gasteiger partial charge in [0, 0.05) is 30.1 Å². The van der Waals surface area contributed by atoms with Crippen molar-refractivity contribution in [1.82, 2.24) is 4.90 Å². The first-order valence-corrected chi connectivity index (χ1v) is 17.2. The number of anilines is 2. The smallest absolute Gasteiger partial charge is 0.412 e. The fraction of sp³-hybridized carbons (Fsp3) is 0.447. The number of carbonyl (C=O) groups is 3. The van der Waals surface area contributed by atoms with Crippen molar-refractivity contribution in [3.8, 4) is 16.9 Å². The van der Waals surface area contributed by atoms with Crippen LogP contribution < -0.4 is 15.0 Å². The summed E-state index contributed by atoms with van der Waals surface area (Å²) in [5, 5.41) is 13.7. The maximum absolute atomic E-state index is 12.9. The molecule has 1 aliphatic carbocycles. The topological polar surface area (TPSA) is 99.2 Å². The maximum atomic E-state index is 12.9. The number of hydrogen-bond acceptors (Lipinski definition) is 5. The Labute approximate surface area is 284 Å². The van der Waals surface area contributed by atoms with E-state index in [-0.39, 0.29) is 23.4 Å². The lowest BCUT2D eigenvalue weighted by Crippen LogP contribution is -2.45. The van der Waals surface area contributed by atoms with Gasteiger partial charge >= 0.3 is 6.09 Å². The molecule has 0 bridgehead atoms. The van der Waals surface area contributed by atoms with Gasteiger partial charge in [0.05, 0.1) is 29.1 Å². The first kappa shape index (κ1) is 36.0. The molecule has 47 heavy (non-hydrogen) atoms. The number of ether oxygens (including phenoxy) is 1. The van der Waals surface area contributed by atoms with E-state index in [2.05, 4.69) is 24.2 Å². The Balaban J connectivity index is 1.46. The van der Waals surface area contributed by atoms with Crippen molar-refractivity contribution in [2.75, 3.05) is 30.9 Å². The average molecular weight is 662 g/mol. The molecule has 0 unspecified atom stereocenters. The molecule has 1 saturated carbocycles. The molecule has 252 valence electrons. The average Bonchev–Trinajstić information content (AvgIpc) is 3.08. The molecule has 8 nitrogen and oxygen atoms in total. The standard InChI is InChI=1S/C38H48ClN3O5/c1-4-5-6-10-22-41(2)30-17-19-31(20-18-30)42(38(45)46)35-23-27(16-21-32(35)28-13-8-7-9-14-28)12-11-15-37(44)40-34-25-36(47-3)29(26-43)24-33(34)39/h7-9,13-14,16,21,23-26,30-31H,4-6,10-12,15,17-20,22H2,1-3H3,(H,40,44)(H,45,46)/t30-,31-. The molecular weight excluding hydrogens is 614 g/mol. The van der Waals surface area contributed by atoms with Crippen LogP contribution in [0.2, 0.25) is 5.02 Å². The van der Waals surface area contributed by atoms with Gasteiger partial charge < -0.3 is 20.1 Å². The first-order chi connectivity index (χ1) is 22.7. The molecule has 4 rings (SSSR count). The van der Waals surface area contributed by atoms with E-state index in [0.717, 1.165) is 48.9 Å². The lowest BCUT2D eigenvalue weighted by atomic mass is 9.88. The zero-order valence-corrected chi connectivity index (χ0v) is 28.6. The van der Waals surface area contributed by atoms with Gasteiger partial charge in [0.25, 0.3) is 0 Å². The molecule has 1 aliphatic rings. The van der Waals surface area contributed by atoms with Crippen LogP contribution in [0.5, 0.6) is 5.75 Å². The van der Waals surface area contributed by atoms with Gasteiger partial charge in [-0.05, 0) is 81.8 Å². The Kier molecular flexibility index (Phi) is 13.7. The molecule has 1 fully saturated rings. The second-order valence-electron chi connectivity index (χ2n) is 12.5. The third-order valence-electron chi connectivity index (χ3n) is 9.22. The van der Waals surface area contributed by atoms with Crippen LogP contribution in [0.3, 0.4) is 0 Å². The molecule has 0 spiro atoms. The van der Waals surface area contributed by atoms with Crippen LogP contribution in [-0.2, 0) is 11.2 Å². The summed E-state index contributed by atoms with van der Waals surface area (Å²) in [6.07, 6.45) is 9.64. The molecule has 0 heterocycles. The second-order valence-corrected chi connectivity index (χ2v) is 12.9. The first-order valence-electron chi connectivity index (χ1n) is 16.8. The zero-order valence-electron chi connectivity index (χ0n) is 27.8. The Morgan fingerprint density at radius 1 is 0.979 bits per heavy atom. The number of unbranched alkanes of at least 4 members (excludes halogenated alkanes) is 3. The number of aryl methyl sites for hydroxylation is 1. The molecule has 0 atom stereocenters. The van der Waals surface area contributed by atoms with Gasteiger partial charge in [0.2, 0.25) is 5.91 Å². The largest absolute Gasteiger partial charge is 0.496 e. The van der Waals surface area contributed by atoms with Crippen LogP contribution in [-0.4, -0.2) is 61.1 Å². The van der Waals surface area contributed by atoms with E-state index in [9.17, 15) is 19.5 Å². The van der Waals surface area contributed by atoms with Crippen LogP contribution in [0.1, 0.15) is 87.1 Å². The summed E-state index contributed by atoms with van der Waals surface area (Å²) in [5.74, 6) is 0.116. The summed E-state index contributed by atoms with van der Waals surface area (Å²) >= 11 is 6.28. The molecule has 3 aromatic carbocycles. The van der Waals surface area contributed by atoms with Crippen molar-refractivity contribution in [3.05, 3.63) is 76.8 Å². The van der Waals surface area contributed by atoms with E-state index >= 15 is 0 Å². The van der Waals surface area contributed by atoms with Crippen LogP contribution in [0, 0.1) is 0 Å². The SMILES string of the molecule is CCCCCCN(C)[C@H]1CC[C@H](N(C(=O)O)c2cc(CCCC(=O)Nc3cc(OC)c(C=O)cc3Cl)ccc2-c2ccccc2)CC1. The summed E-state index contributed by atoms with van der Waals surface area (Å²) in [7, 11) is 3.66. The van der Waals surface area contributed by atoms with Crippen molar-refractivity contribution in [2.24, 2.45) is 0 Å². The summed E-state index contributed by atoms with van der Waals surface area (Å²) < 4.78 is 5.23. The van der Waals surface area contributed by atoms with Gasteiger partial charge in [0.15, 0.2) is 6.29 Å². The number of benzene rings is 3. The number of aldehydes is 1. The van der Waals surface area contributed by atoms with Gasteiger partial charge in [-0.25, -0.2) is 4.79 Å². The summed E-state index contributed by atoms with van der Waals surface area (Å²) in [4.78, 5) is 41.1. The number of carbonyl (C=O) groups excluding carboxylic acids is 2. The number of rotatable bonds is 16. The third-order valence-corrected chi connectivity index (χ3v) is 9.53. The van der Waals surface area contributed by atoms with Crippen LogP contribution in [0.4, 0.5) is 16.2 Å². The molecule has 0 aliphatic heterocycles. The highest BCUT2D eigenvalue weighted by Gasteiger charge is 2.32. The molecular formula is C38H48ClN3O5. The number of amides is 2. The predicted molar refractivity (Wildman–Crippen MR) is 190 cm³/mol. The summed E-state index contributed by atoms with van der Waals surface area (Å²) in [6, 6.07) is 19.3. The minimum Gasteiger partial charge on any atom is -0.496 e. The van der Waals surface area contributed by atoms with Crippen molar-refractivity contribution in [1.29, 1.82) is 0 Å². The summed E-state index contributed by atoms with van der Waals surface area (Å²) in [5.41, 5.74) is 4.19. The van der Waals surface area contributed by atoms with Crippen LogP contribution in [0.15, 0.2) is 60.7 Å². The molecule has 0 aromatic heterocycles. The van der Waals surface area contributed by atoms with Crippen LogP contribution >= 0.6 is 11.6 Å². The van der Waals surface area contributed by atoms with E-state index in [1.165, 1.54) is 44.9 Å². The maximum Gasteiger partial charge on any atom is 0.412 e. The Morgan fingerprint density at radius 3 is 2.36 bits per heavy atom. The van der Waals surface area contributed by atoms with E-state index in [0.29, 0.717) is 47.9 Å². The molecule has 0 radical (unpaired) electrons. The minimum atomic E-state index is -0.942. The minimum absolute atomic E-state index is 0.104. The van der Waals surface area contributed by atoms with Gasteiger partial charge in [-0.15, -0.1) is 0 Å². The Hall–Kier alpha value is -3.88. The molecule has 2 N–H and O–H groups in total. The van der Waals surface area contributed by atoms with E-state index in [1.54, 1.807) is 4.90 Å². The second kappa shape index (κ2) is 17.9. The number of halogens is 1. The van der Waals surface area contributed by atoms with Crippen molar-refractivity contribution < 1.29 is 24.2 Å². The highest BCUT2D eigenvalue weighted by Crippen LogP contribution is 2.37. The normalized spacial score (nSPS) is 16.1. The van der Waals surface area contributed by atoms with Gasteiger partial charge in [0.1, 0.15) is 5.75 Å². The van der Waals surface area contributed by atoms with E-state index in [1.807, 2.05) is 48.5 Å². The number of nitrogens with one attached hydrogen (secondary N) is 1. The number of nitrogens with zero attached hydrogens (tertiary/aromatic N) is 2. The van der Waals surface area contributed by atoms with Crippen molar-refractivity contribution in [3.63, 3.8) is 0 Å². The molecule has 0 saturated heterocycles. The molecule has 3 aromatic rings. The summed E-state index contributed by atoms with van der Waals surface area (Å²) in [6.45, 7) is 3.31. The molecule has 9 heteroatoms. The number of hydrogen-bond donors (Lipinski definition) is 2. The highest BCUT2D eigenvalue weighted by atomic mass is 35.5. The fourth-order valence-electron chi connectivity index (χ4n) is 6.58. The fourth-order valence-corrected chi connectivity index (χ4v) is 6.80. The quantitative estimate of drug-likeness (QED) is 0.117. The lowest BCUT2D eigenvalue weighted by Gasteiger charge is -2.39. The Morgan fingerprint density at radius 2 is 1.70 bits per heavy atom. The van der Waals surface area contributed by atoms with E-state index < -0.39 is 6.09 Å².